The summed E-state index contributed by atoms with van der Waals surface area (Å²) in [5.74, 6) is 2.35. The van der Waals surface area contributed by atoms with E-state index in [9.17, 15) is 9.59 Å². The van der Waals surface area contributed by atoms with Gasteiger partial charge < -0.3 is 15.6 Å². The molecule has 198 valence electrons. The Kier molecular flexibility index (Phi) is 6.81. The van der Waals surface area contributed by atoms with Gasteiger partial charge >= 0.3 is 0 Å². The average Bonchev–Trinajstić information content (AvgIpc) is 3.59. The third-order valence-corrected chi connectivity index (χ3v) is 9.07. The number of hydrogen-bond donors (Lipinski definition) is 3. The van der Waals surface area contributed by atoms with Crippen molar-refractivity contribution in [3.8, 4) is 11.4 Å². The maximum Gasteiger partial charge on any atom is 0.251 e. The minimum atomic E-state index is -0.0752. The topological polar surface area (TPSA) is 86.9 Å². The van der Waals surface area contributed by atoms with Crippen LogP contribution in [0, 0.1) is 17.8 Å². The number of anilines is 1. The van der Waals surface area contributed by atoms with Gasteiger partial charge in [-0.05, 0) is 87.1 Å². The summed E-state index contributed by atoms with van der Waals surface area (Å²) in [4.78, 5) is 33.9. The monoisotopic (exact) mass is 510 g/mol. The lowest BCUT2D eigenvalue weighted by Crippen LogP contribution is -2.55. The number of imidazole rings is 1. The Morgan fingerprint density at radius 1 is 1.05 bits per heavy atom. The number of aromatic nitrogens is 2. The molecule has 2 bridgehead atoms. The molecule has 2 amide bonds. The van der Waals surface area contributed by atoms with Crippen molar-refractivity contribution >= 4 is 28.5 Å². The number of amides is 2. The van der Waals surface area contributed by atoms with Gasteiger partial charge in [-0.15, -0.1) is 6.58 Å². The lowest BCUT2D eigenvalue weighted by Gasteiger charge is -2.48. The third-order valence-electron chi connectivity index (χ3n) is 9.07. The quantitative estimate of drug-likeness (QED) is 0.299. The number of carbonyl (C=O) groups excluding carboxylic acids is 2. The van der Waals surface area contributed by atoms with E-state index in [0.29, 0.717) is 11.5 Å². The molecule has 0 spiro atoms. The lowest BCUT2D eigenvalue weighted by molar-refractivity contribution is -0.119. The largest absolute Gasteiger partial charge is 0.347 e. The van der Waals surface area contributed by atoms with Gasteiger partial charge in [0.1, 0.15) is 5.82 Å². The summed E-state index contributed by atoms with van der Waals surface area (Å²) in [5.41, 5.74) is 4.05. The minimum Gasteiger partial charge on any atom is -0.347 e. The first kappa shape index (κ1) is 24.9. The van der Waals surface area contributed by atoms with Crippen molar-refractivity contribution in [2.24, 2.45) is 17.8 Å². The Morgan fingerprint density at radius 2 is 1.87 bits per heavy atom. The molecule has 3 aromatic rings. The normalized spacial score (nSPS) is 25.3. The summed E-state index contributed by atoms with van der Waals surface area (Å²) in [7, 11) is 0. The Bertz CT molecular complexity index is 1340. The first-order chi connectivity index (χ1) is 18.5. The summed E-state index contributed by atoms with van der Waals surface area (Å²) in [6.07, 6.45) is 14.3. The summed E-state index contributed by atoms with van der Waals surface area (Å²) in [5, 5.41) is 6.53. The molecule has 2 aromatic carbocycles. The molecular weight excluding hydrogens is 472 g/mol. The minimum absolute atomic E-state index is 0.0173. The number of benzene rings is 2. The second kappa shape index (κ2) is 10.4. The second-order valence-electron chi connectivity index (χ2n) is 11.9. The van der Waals surface area contributed by atoms with E-state index in [2.05, 4.69) is 22.2 Å². The predicted octanol–water partition coefficient (Wildman–Crippen LogP) is 7.00. The summed E-state index contributed by atoms with van der Waals surface area (Å²) in [6.45, 7) is 3.95. The molecule has 1 heterocycles. The van der Waals surface area contributed by atoms with E-state index in [1.807, 2.05) is 48.5 Å². The number of rotatable bonds is 7. The molecule has 3 atom stereocenters. The van der Waals surface area contributed by atoms with Crippen LogP contribution >= 0.6 is 0 Å². The maximum atomic E-state index is 13.3. The Morgan fingerprint density at radius 3 is 2.66 bits per heavy atom. The number of nitrogens with zero attached hydrogens (tertiary/aromatic N) is 1. The van der Waals surface area contributed by atoms with Crippen LogP contribution < -0.4 is 10.6 Å². The maximum absolute atomic E-state index is 13.3. The van der Waals surface area contributed by atoms with Crippen molar-refractivity contribution in [1.29, 1.82) is 0 Å². The SMILES string of the molecule is C=CC[C@H]1C[C@H]2CCCC(NC(=O)c3ccc(-c4nc5ccc(NC(=O)C6CCCC6)cc5[nH]4)cc3)(C2)C1. The van der Waals surface area contributed by atoms with Gasteiger partial charge in [0, 0.05) is 28.3 Å². The van der Waals surface area contributed by atoms with E-state index in [0.717, 1.165) is 85.4 Å². The van der Waals surface area contributed by atoms with E-state index in [1.165, 1.54) is 19.3 Å². The molecule has 38 heavy (non-hydrogen) atoms. The Balaban J connectivity index is 1.14. The lowest BCUT2D eigenvalue weighted by atomic mass is 9.63. The van der Waals surface area contributed by atoms with E-state index < -0.39 is 0 Å². The first-order valence-corrected chi connectivity index (χ1v) is 14.3. The summed E-state index contributed by atoms with van der Waals surface area (Å²) >= 11 is 0. The highest BCUT2D eigenvalue weighted by molar-refractivity contribution is 5.96. The number of fused-ring (bicyclic) bond motifs is 3. The van der Waals surface area contributed by atoms with Crippen LogP contribution in [0.2, 0.25) is 0 Å². The van der Waals surface area contributed by atoms with Crippen LogP contribution in [0.3, 0.4) is 0 Å². The standard InChI is InChI=1S/C32H38N4O2/c1-2-6-21-17-22-7-5-16-32(19-21,20-22)36-31(38)25-12-10-23(11-13-25)29-34-27-15-14-26(18-28(27)35-29)33-30(37)24-8-3-4-9-24/h2,10-15,18,21-22,24H,1,3-9,16-17,19-20H2,(H,33,37)(H,34,35)(H,36,38)/t21-,22+,32?/m0/s1. The molecule has 3 N–H and O–H groups in total. The molecule has 6 heteroatoms. The smallest absolute Gasteiger partial charge is 0.251 e. The van der Waals surface area contributed by atoms with Crippen LogP contribution in [0.15, 0.2) is 55.1 Å². The van der Waals surface area contributed by atoms with Crippen LogP contribution in [0.4, 0.5) is 5.69 Å². The Hall–Kier alpha value is -3.41. The van der Waals surface area contributed by atoms with Gasteiger partial charge in [0.05, 0.1) is 11.0 Å². The van der Waals surface area contributed by atoms with E-state index in [4.69, 9.17) is 4.98 Å². The van der Waals surface area contributed by atoms with Gasteiger partial charge in [-0.1, -0.05) is 43.9 Å². The Labute approximate surface area is 224 Å². The van der Waals surface area contributed by atoms with Crippen LogP contribution in [-0.2, 0) is 4.79 Å². The molecule has 3 aliphatic rings. The van der Waals surface area contributed by atoms with E-state index in [-0.39, 0.29) is 23.3 Å². The van der Waals surface area contributed by atoms with Gasteiger partial charge in [0.2, 0.25) is 5.91 Å². The molecule has 0 aliphatic heterocycles. The number of hydrogen-bond acceptors (Lipinski definition) is 3. The van der Waals surface area contributed by atoms with E-state index >= 15 is 0 Å². The van der Waals surface area contributed by atoms with Gasteiger partial charge in [-0.3, -0.25) is 9.59 Å². The molecule has 6 nitrogen and oxygen atoms in total. The molecule has 1 unspecified atom stereocenters. The van der Waals surface area contributed by atoms with Crippen LogP contribution in [0.25, 0.3) is 22.4 Å². The van der Waals surface area contributed by atoms with Crippen molar-refractivity contribution in [3.05, 3.63) is 60.7 Å². The van der Waals surface area contributed by atoms with Crippen LogP contribution in [0.5, 0.6) is 0 Å². The summed E-state index contributed by atoms with van der Waals surface area (Å²) < 4.78 is 0. The fraction of sp³-hybridized carbons (Fsp3) is 0.469. The van der Waals surface area contributed by atoms with Crippen molar-refractivity contribution in [2.45, 2.75) is 76.2 Å². The highest BCUT2D eigenvalue weighted by Crippen LogP contribution is 2.46. The second-order valence-corrected chi connectivity index (χ2v) is 11.9. The first-order valence-electron chi connectivity index (χ1n) is 14.3. The third kappa shape index (κ3) is 5.13. The molecule has 3 saturated carbocycles. The number of H-pyrrole nitrogens is 1. The fourth-order valence-electron chi connectivity index (χ4n) is 7.31. The van der Waals surface area contributed by atoms with Crippen LogP contribution in [0.1, 0.15) is 81.0 Å². The molecule has 6 rings (SSSR count). The molecule has 0 radical (unpaired) electrons. The zero-order chi connectivity index (χ0) is 26.1. The number of carbonyl (C=O) groups is 2. The van der Waals surface area contributed by atoms with Gasteiger partial charge in [-0.25, -0.2) is 4.98 Å². The zero-order valence-corrected chi connectivity index (χ0v) is 22.1. The number of nitrogens with one attached hydrogen (secondary N) is 3. The number of aromatic amines is 1. The molecule has 3 aliphatic carbocycles. The molecule has 1 aromatic heterocycles. The number of allylic oxidation sites excluding steroid dienone is 1. The van der Waals surface area contributed by atoms with Crippen molar-refractivity contribution < 1.29 is 9.59 Å². The highest BCUT2D eigenvalue weighted by atomic mass is 16.2. The van der Waals surface area contributed by atoms with Crippen molar-refractivity contribution in [3.63, 3.8) is 0 Å². The van der Waals surface area contributed by atoms with Gasteiger partial charge in [-0.2, -0.15) is 0 Å². The zero-order valence-electron chi connectivity index (χ0n) is 22.1. The average molecular weight is 511 g/mol. The van der Waals surface area contributed by atoms with Gasteiger partial charge in [0.25, 0.3) is 5.91 Å². The van der Waals surface area contributed by atoms with Gasteiger partial charge in [0.15, 0.2) is 0 Å². The highest BCUT2D eigenvalue weighted by Gasteiger charge is 2.43. The summed E-state index contributed by atoms with van der Waals surface area (Å²) in [6, 6.07) is 13.5. The van der Waals surface area contributed by atoms with E-state index in [1.54, 1.807) is 0 Å². The molecule has 0 saturated heterocycles. The van der Waals surface area contributed by atoms with Crippen molar-refractivity contribution in [2.75, 3.05) is 5.32 Å². The van der Waals surface area contributed by atoms with Crippen molar-refractivity contribution in [1.82, 2.24) is 15.3 Å². The van der Waals surface area contributed by atoms with Crippen LogP contribution in [-0.4, -0.2) is 27.3 Å². The molecular formula is C32H38N4O2. The fourth-order valence-corrected chi connectivity index (χ4v) is 7.31. The predicted molar refractivity (Wildman–Crippen MR) is 152 cm³/mol. The molecule has 3 fully saturated rings.